The third-order valence-corrected chi connectivity index (χ3v) is 0.687. The van der Waals surface area contributed by atoms with Crippen molar-refractivity contribution < 1.29 is 36.6 Å². The number of aliphatic hydroxyl groups is 2. The average molecular weight is 214 g/mol. The van der Waals surface area contributed by atoms with E-state index in [4.69, 9.17) is 10.2 Å². The summed E-state index contributed by atoms with van der Waals surface area (Å²) in [4.78, 5) is 0. The molecule has 1 atom stereocenters. The molecule has 2 nitrogen and oxygen atoms in total. The maximum Gasteiger partial charge on any atom is 0.454 e. The molecule has 0 aliphatic heterocycles. The van der Waals surface area contributed by atoms with E-state index >= 15 is 0 Å². The van der Waals surface area contributed by atoms with Crippen molar-refractivity contribution in [2.45, 2.75) is 25.4 Å². The summed E-state index contributed by atoms with van der Waals surface area (Å²) in [5.74, 6) is -5.40. The van der Waals surface area contributed by atoms with Gasteiger partial charge in [-0.25, -0.2) is 8.78 Å². The van der Waals surface area contributed by atoms with Crippen molar-refractivity contribution in [2.24, 2.45) is 0 Å². The maximum atomic E-state index is 11.4. The van der Waals surface area contributed by atoms with Crippen molar-refractivity contribution in [3.63, 3.8) is 0 Å². The molecule has 82 valence electrons. The smallest absolute Gasteiger partial charge is 0.397 e. The zero-order valence-corrected chi connectivity index (χ0v) is 6.45. The van der Waals surface area contributed by atoms with Gasteiger partial charge in [0, 0.05) is 6.61 Å². The van der Waals surface area contributed by atoms with Gasteiger partial charge in [0.1, 0.15) is 0 Å². The molecule has 0 spiro atoms. The van der Waals surface area contributed by atoms with E-state index in [0.717, 1.165) is 0 Å². The normalized spacial score (nSPS) is 16.2. The Labute approximate surface area is 69.8 Å². The standard InChI is InChI=1S/C3H2F6O.C2H6O/c4-1(5)2(6,10)3(7,8)9;1-2-3/h1,10H;3H,2H2,1H3. The Hall–Kier alpha value is -0.500. The molecule has 0 rings (SSSR count). The van der Waals surface area contributed by atoms with Gasteiger partial charge in [-0.3, -0.25) is 0 Å². The van der Waals surface area contributed by atoms with Gasteiger partial charge in [-0.1, -0.05) is 0 Å². The summed E-state index contributed by atoms with van der Waals surface area (Å²) in [5, 5.41) is 15.0. The van der Waals surface area contributed by atoms with Crippen LogP contribution in [0.1, 0.15) is 6.92 Å². The van der Waals surface area contributed by atoms with Crippen LogP contribution in [-0.2, 0) is 0 Å². The highest BCUT2D eigenvalue weighted by molar-refractivity contribution is 4.76. The van der Waals surface area contributed by atoms with E-state index in [1.54, 1.807) is 6.92 Å². The van der Waals surface area contributed by atoms with Crippen LogP contribution in [-0.4, -0.2) is 35.3 Å². The van der Waals surface area contributed by atoms with Gasteiger partial charge in [0.05, 0.1) is 0 Å². The molecular weight excluding hydrogens is 206 g/mol. The fourth-order valence-corrected chi connectivity index (χ4v) is 0.124. The van der Waals surface area contributed by atoms with Gasteiger partial charge < -0.3 is 10.2 Å². The zero-order valence-electron chi connectivity index (χ0n) is 6.45. The van der Waals surface area contributed by atoms with E-state index < -0.39 is 18.5 Å². The summed E-state index contributed by atoms with van der Waals surface area (Å²) in [7, 11) is 0. The minimum absolute atomic E-state index is 0.250. The Bertz CT molecular complexity index is 131. The number of halogens is 6. The predicted octanol–water partition coefficient (Wildman–Crippen LogP) is 1.47. The van der Waals surface area contributed by atoms with Gasteiger partial charge >= 0.3 is 18.5 Å². The van der Waals surface area contributed by atoms with Gasteiger partial charge in [-0.05, 0) is 6.92 Å². The van der Waals surface area contributed by atoms with Crippen LogP contribution in [0.2, 0.25) is 0 Å². The molecular formula is C5H8F6O2. The van der Waals surface area contributed by atoms with E-state index in [1.807, 2.05) is 0 Å². The van der Waals surface area contributed by atoms with E-state index in [-0.39, 0.29) is 6.61 Å². The van der Waals surface area contributed by atoms with Gasteiger partial charge in [-0.15, -0.1) is 0 Å². The molecule has 0 amide bonds. The molecule has 0 saturated heterocycles. The number of rotatable bonds is 1. The largest absolute Gasteiger partial charge is 0.454 e. The summed E-state index contributed by atoms with van der Waals surface area (Å²) in [6.07, 6.45) is -10.4. The van der Waals surface area contributed by atoms with Gasteiger partial charge in [0.15, 0.2) is 0 Å². The highest BCUT2D eigenvalue weighted by Crippen LogP contribution is 2.36. The molecule has 0 bridgehead atoms. The quantitative estimate of drug-likeness (QED) is 0.649. The minimum atomic E-state index is -5.94. The average Bonchev–Trinajstić information content (AvgIpc) is 1.86. The summed E-state index contributed by atoms with van der Waals surface area (Å²) in [6.45, 7) is 1.93. The lowest BCUT2D eigenvalue weighted by Gasteiger charge is -2.20. The lowest BCUT2D eigenvalue weighted by atomic mass is 10.3. The first-order valence-corrected chi connectivity index (χ1v) is 2.98. The molecule has 8 heteroatoms. The van der Waals surface area contributed by atoms with Crippen LogP contribution >= 0.6 is 0 Å². The van der Waals surface area contributed by atoms with E-state index in [2.05, 4.69) is 0 Å². The van der Waals surface area contributed by atoms with Crippen molar-refractivity contribution in [1.29, 1.82) is 0 Å². The van der Waals surface area contributed by atoms with Crippen molar-refractivity contribution in [2.75, 3.05) is 6.61 Å². The number of alkyl halides is 6. The fourth-order valence-electron chi connectivity index (χ4n) is 0.124. The molecule has 0 radical (unpaired) electrons. The lowest BCUT2D eigenvalue weighted by Crippen LogP contribution is -2.47. The monoisotopic (exact) mass is 214 g/mol. The van der Waals surface area contributed by atoms with Crippen LogP contribution < -0.4 is 0 Å². The first-order valence-electron chi connectivity index (χ1n) is 2.98. The van der Waals surface area contributed by atoms with Crippen LogP contribution in [0, 0.1) is 0 Å². The Morgan fingerprint density at radius 2 is 1.38 bits per heavy atom. The zero-order chi connectivity index (χ0) is 11.3. The number of hydrogen-bond donors (Lipinski definition) is 2. The van der Waals surface area contributed by atoms with Crippen molar-refractivity contribution in [3.05, 3.63) is 0 Å². The predicted molar refractivity (Wildman–Crippen MR) is 30.9 cm³/mol. The SMILES string of the molecule is CCO.OC(F)(C(F)F)C(F)(F)F. The molecule has 0 aromatic rings. The Balaban J connectivity index is 0. The molecule has 2 N–H and O–H groups in total. The Kier molecular flexibility index (Phi) is 6.09. The number of hydrogen-bond acceptors (Lipinski definition) is 2. The van der Waals surface area contributed by atoms with Gasteiger partial charge in [0.25, 0.3) is 0 Å². The Morgan fingerprint density at radius 1 is 1.15 bits per heavy atom. The molecule has 0 heterocycles. The summed E-state index contributed by atoms with van der Waals surface area (Å²) >= 11 is 0. The second kappa shape index (κ2) is 5.28. The van der Waals surface area contributed by atoms with Gasteiger partial charge in [0.2, 0.25) is 0 Å². The van der Waals surface area contributed by atoms with Crippen molar-refractivity contribution in [3.8, 4) is 0 Å². The summed E-state index contributed by atoms with van der Waals surface area (Å²) < 4.78 is 66.3. The minimum Gasteiger partial charge on any atom is -0.397 e. The molecule has 0 saturated carbocycles. The van der Waals surface area contributed by atoms with Crippen LogP contribution in [0.25, 0.3) is 0 Å². The van der Waals surface area contributed by atoms with Crippen molar-refractivity contribution >= 4 is 0 Å². The molecule has 13 heavy (non-hydrogen) atoms. The van der Waals surface area contributed by atoms with E-state index in [0.29, 0.717) is 0 Å². The van der Waals surface area contributed by atoms with Crippen LogP contribution in [0.4, 0.5) is 26.3 Å². The second-order valence-electron chi connectivity index (χ2n) is 1.79. The van der Waals surface area contributed by atoms with Crippen LogP contribution in [0.15, 0.2) is 0 Å². The summed E-state index contributed by atoms with van der Waals surface area (Å²) in [5.41, 5.74) is 0. The molecule has 0 aromatic carbocycles. The first-order chi connectivity index (χ1) is 5.61. The summed E-state index contributed by atoms with van der Waals surface area (Å²) in [6, 6.07) is 0. The lowest BCUT2D eigenvalue weighted by molar-refractivity contribution is -0.352. The highest BCUT2D eigenvalue weighted by atomic mass is 19.4. The molecule has 0 fully saturated rings. The third kappa shape index (κ3) is 4.94. The van der Waals surface area contributed by atoms with Crippen LogP contribution in [0.3, 0.4) is 0 Å². The highest BCUT2D eigenvalue weighted by Gasteiger charge is 2.62. The van der Waals surface area contributed by atoms with Crippen LogP contribution in [0.5, 0.6) is 0 Å². The van der Waals surface area contributed by atoms with E-state index in [9.17, 15) is 26.3 Å². The third-order valence-electron chi connectivity index (χ3n) is 0.687. The fraction of sp³-hybridized carbons (Fsp3) is 1.00. The van der Waals surface area contributed by atoms with Crippen molar-refractivity contribution in [1.82, 2.24) is 0 Å². The molecule has 0 aliphatic rings. The van der Waals surface area contributed by atoms with Gasteiger partial charge in [-0.2, -0.15) is 17.6 Å². The topological polar surface area (TPSA) is 40.5 Å². The molecule has 0 aromatic heterocycles. The first kappa shape index (κ1) is 15.0. The second-order valence-corrected chi connectivity index (χ2v) is 1.79. The molecule has 1 unspecified atom stereocenters. The molecule has 0 aliphatic carbocycles. The van der Waals surface area contributed by atoms with E-state index in [1.165, 1.54) is 0 Å². The Morgan fingerprint density at radius 3 is 1.38 bits per heavy atom. The maximum absolute atomic E-state index is 11.4. The number of aliphatic hydroxyl groups excluding tert-OH is 1.